The molecule has 0 amide bonds. The lowest BCUT2D eigenvalue weighted by molar-refractivity contribution is 0.461. The number of piperidine rings is 1. The van der Waals surface area contributed by atoms with Crippen LogP contribution in [0.25, 0.3) is 0 Å². The van der Waals surface area contributed by atoms with E-state index in [9.17, 15) is 0 Å². The molecule has 0 bridgehead atoms. The van der Waals surface area contributed by atoms with Gasteiger partial charge in [-0.3, -0.25) is 0 Å². The summed E-state index contributed by atoms with van der Waals surface area (Å²) < 4.78 is 0. The monoisotopic (exact) mass is 185 g/mol. The first-order valence-corrected chi connectivity index (χ1v) is 5.17. The van der Waals surface area contributed by atoms with Gasteiger partial charge in [-0.1, -0.05) is 18.1 Å². The van der Waals surface area contributed by atoms with E-state index in [1.54, 1.807) is 0 Å². The summed E-state index contributed by atoms with van der Waals surface area (Å²) in [5, 5.41) is 3.42. The highest BCUT2D eigenvalue weighted by Gasteiger charge is 2.14. The summed E-state index contributed by atoms with van der Waals surface area (Å²) >= 11 is 0. The molecule has 1 fully saturated rings. The van der Waals surface area contributed by atoms with Crippen molar-refractivity contribution in [2.24, 2.45) is 0 Å². The van der Waals surface area contributed by atoms with Crippen LogP contribution in [0.3, 0.4) is 0 Å². The summed E-state index contributed by atoms with van der Waals surface area (Å²) in [5.41, 5.74) is 2.38. The lowest BCUT2D eigenvalue weighted by atomic mass is 9.91. The molecule has 1 aromatic carbocycles. The smallest absolute Gasteiger partial charge is 0.0245 e. The van der Waals surface area contributed by atoms with Crippen molar-refractivity contribution in [1.29, 1.82) is 0 Å². The maximum Gasteiger partial charge on any atom is 0.0245 e. The van der Waals surface area contributed by atoms with E-state index in [2.05, 4.69) is 29.4 Å². The van der Waals surface area contributed by atoms with Crippen molar-refractivity contribution in [3.63, 3.8) is 0 Å². The Labute approximate surface area is 85.5 Å². The van der Waals surface area contributed by atoms with Gasteiger partial charge in [0.1, 0.15) is 0 Å². The SMILES string of the molecule is C#Cc1cccc(C2CCCNC2)c1. The summed E-state index contributed by atoms with van der Waals surface area (Å²) in [5.74, 6) is 3.34. The van der Waals surface area contributed by atoms with E-state index in [0.29, 0.717) is 5.92 Å². The molecule has 72 valence electrons. The van der Waals surface area contributed by atoms with E-state index in [0.717, 1.165) is 18.7 Å². The van der Waals surface area contributed by atoms with Gasteiger partial charge in [0.05, 0.1) is 0 Å². The zero-order chi connectivity index (χ0) is 9.80. The third-order valence-corrected chi connectivity index (χ3v) is 2.82. The molecular weight excluding hydrogens is 170 g/mol. The van der Waals surface area contributed by atoms with Crippen molar-refractivity contribution in [2.45, 2.75) is 18.8 Å². The van der Waals surface area contributed by atoms with Gasteiger partial charge in [-0.25, -0.2) is 0 Å². The Morgan fingerprint density at radius 3 is 3.07 bits per heavy atom. The Hall–Kier alpha value is -1.26. The molecule has 1 aliphatic rings. The van der Waals surface area contributed by atoms with Gasteiger partial charge in [0.25, 0.3) is 0 Å². The topological polar surface area (TPSA) is 12.0 Å². The first kappa shape index (κ1) is 9.30. The fraction of sp³-hybridized carbons (Fsp3) is 0.385. The number of terminal acetylenes is 1. The van der Waals surface area contributed by atoms with Crippen molar-refractivity contribution in [1.82, 2.24) is 5.32 Å². The molecular formula is C13H15N. The Kier molecular flexibility index (Phi) is 2.86. The molecule has 0 spiro atoms. The molecule has 1 aliphatic heterocycles. The number of nitrogens with one attached hydrogen (secondary N) is 1. The predicted molar refractivity (Wildman–Crippen MR) is 59.2 cm³/mol. The lowest BCUT2D eigenvalue weighted by Gasteiger charge is -2.23. The fourth-order valence-electron chi connectivity index (χ4n) is 2.02. The number of hydrogen-bond acceptors (Lipinski definition) is 1. The van der Waals surface area contributed by atoms with E-state index in [4.69, 9.17) is 6.42 Å². The predicted octanol–water partition coefficient (Wildman–Crippen LogP) is 2.13. The van der Waals surface area contributed by atoms with E-state index in [1.807, 2.05) is 6.07 Å². The first-order valence-electron chi connectivity index (χ1n) is 5.17. The van der Waals surface area contributed by atoms with Gasteiger partial charge in [-0.05, 0) is 43.0 Å². The molecule has 14 heavy (non-hydrogen) atoms. The summed E-state index contributed by atoms with van der Waals surface area (Å²) in [6.45, 7) is 2.25. The van der Waals surface area contributed by atoms with Gasteiger partial charge in [0.15, 0.2) is 0 Å². The minimum Gasteiger partial charge on any atom is -0.316 e. The second-order valence-corrected chi connectivity index (χ2v) is 3.81. The highest BCUT2D eigenvalue weighted by atomic mass is 14.9. The summed E-state index contributed by atoms with van der Waals surface area (Å²) in [6, 6.07) is 8.36. The molecule has 1 unspecified atom stereocenters. The molecule has 1 atom stereocenters. The van der Waals surface area contributed by atoms with Gasteiger partial charge >= 0.3 is 0 Å². The van der Waals surface area contributed by atoms with Crippen LogP contribution < -0.4 is 5.32 Å². The van der Waals surface area contributed by atoms with Crippen LogP contribution in [0.15, 0.2) is 24.3 Å². The van der Waals surface area contributed by atoms with Gasteiger partial charge < -0.3 is 5.32 Å². The highest BCUT2D eigenvalue weighted by Crippen LogP contribution is 2.23. The van der Waals surface area contributed by atoms with Gasteiger partial charge in [0.2, 0.25) is 0 Å². The van der Waals surface area contributed by atoms with E-state index >= 15 is 0 Å². The maximum absolute atomic E-state index is 5.38. The highest BCUT2D eigenvalue weighted by molar-refractivity contribution is 5.36. The van der Waals surface area contributed by atoms with Crippen LogP contribution in [-0.2, 0) is 0 Å². The number of rotatable bonds is 1. The molecule has 1 aromatic rings. The number of hydrogen-bond donors (Lipinski definition) is 1. The number of benzene rings is 1. The van der Waals surface area contributed by atoms with Gasteiger partial charge in [-0.2, -0.15) is 0 Å². The molecule has 0 aliphatic carbocycles. The van der Waals surface area contributed by atoms with E-state index in [1.165, 1.54) is 18.4 Å². The quantitative estimate of drug-likeness (QED) is 0.661. The molecule has 1 heterocycles. The minimum atomic E-state index is 0.650. The second-order valence-electron chi connectivity index (χ2n) is 3.81. The van der Waals surface area contributed by atoms with Crippen LogP contribution >= 0.6 is 0 Å². The molecule has 0 aromatic heterocycles. The molecule has 0 radical (unpaired) electrons. The fourth-order valence-corrected chi connectivity index (χ4v) is 2.02. The zero-order valence-electron chi connectivity index (χ0n) is 8.29. The minimum absolute atomic E-state index is 0.650. The van der Waals surface area contributed by atoms with Gasteiger partial charge in [0, 0.05) is 12.1 Å². The third-order valence-electron chi connectivity index (χ3n) is 2.82. The third kappa shape index (κ3) is 1.97. The van der Waals surface area contributed by atoms with E-state index in [-0.39, 0.29) is 0 Å². The molecule has 0 saturated carbocycles. The van der Waals surface area contributed by atoms with Crippen molar-refractivity contribution in [2.75, 3.05) is 13.1 Å². The van der Waals surface area contributed by atoms with Crippen LogP contribution in [-0.4, -0.2) is 13.1 Å². The largest absolute Gasteiger partial charge is 0.316 e. The summed E-state index contributed by atoms with van der Waals surface area (Å²) in [7, 11) is 0. The summed E-state index contributed by atoms with van der Waals surface area (Å²) in [6.07, 6.45) is 7.93. The second kappa shape index (κ2) is 4.30. The standard InChI is InChI=1S/C13H15N/c1-2-11-5-3-6-12(9-11)13-7-4-8-14-10-13/h1,3,5-6,9,13-14H,4,7-8,10H2. The van der Waals surface area contributed by atoms with Crippen molar-refractivity contribution in [3.8, 4) is 12.3 Å². The van der Waals surface area contributed by atoms with Crippen LogP contribution in [0.4, 0.5) is 0 Å². The van der Waals surface area contributed by atoms with Crippen molar-refractivity contribution in [3.05, 3.63) is 35.4 Å². The normalized spacial score (nSPS) is 21.5. The van der Waals surface area contributed by atoms with Crippen LogP contribution in [0.2, 0.25) is 0 Å². The molecule has 1 nitrogen and oxygen atoms in total. The van der Waals surface area contributed by atoms with Crippen LogP contribution in [0.1, 0.15) is 29.9 Å². The van der Waals surface area contributed by atoms with Crippen LogP contribution in [0, 0.1) is 12.3 Å². The Bertz CT molecular complexity index is 342. The molecule has 2 rings (SSSR count). The van der Waals surface area contributed by atoms with Crippen molar-refractivity contribution >= 4 is 0 Å². The molecule has 1 heteroatoms. The average Bonchev–Trinajstić information content (AvgIpc) is 2.30. The molecule has 1 N–H and O–H groups in total. The lowest BCUT2D eigenvalue weighted by Crippen LogP contribution is -2.28. The Morgan fingerprint density at radius 2 is 2.36 bits per heavy atom. The summed E-state index contributed by atoms with van der Waals surface area (Å²) in [4.78, 5) is 0. The first-order chi connectivity index (χ1) is 6.90. The maximum atomic E-state index is 5.38. The van der Waals surface area contributed by atoms with Crippen LogP contribution in [0.5, 0.6) is 0 Å². The Balaban J connectivity index is 2.18. The molecule has 1 saturated heterocycles. The van der Waals surface area contributed by atoms with Gasteiger partial charge in [-0.15, -0.1) is 6.42 Å². The average molecular weight is 185 g/mol. The Morgan fingerprint density at radius 1 is 1.43 bits per heavy atom. The zero-order valence-corrected chi connectivity index (χ0v) is 8.29. The van der Waals surface area contributed by atoms with E-state index < -0.39 is 0 Å². The van der Waals surface area contributed by atoms with Crippen molar-refractivity contribution < 1.29 is 0 Å².